The average Bonchev–Trinajstić information content (AvgIpc) is 2.12. The second kappa shape index (κ2) is 8.16. The van der Waals surface area contributed by atoms with E-state index in [9.17, 15) is 0 Å². The summed E-state index contributed by atoms with van der Waals surface area (Å²) in [6.45, 7) is 10.7. The molecular weight excluding hydrogens is 261 g/mol. The summed E-state index contributed by atoms with van der Waals surface area (Å²) in [6, 6.07) is 0.719. The number of hydrogen-bond donors (Lipinski definition) is 0. The minimum atomic E-state index is -0.958. The Kier molecular flexibility index (Phi) is 8.69. The van der Waals surface area contributed by atoms with Crippen molar-refractivity contribution in [2.24, 2.45) is 0 Å². The van der Waals surface area contributed by atoms with Gasteiger partial charge in [-0.2, -0.15) is 0 Å². The third kappa shape index (κ3) is 6.84. The third-order valence-electron chi connectivity index (χ3n) is 3.16. The first-order valence-electron chi connectivity index (χ1n) is 5.82. The van der Waals surface area contributed by atoms with Crippen LogP contribution in [0, 0.1) is 0 Å². The first-order valence-corrected chi connectivity index (χ1v) is 12.8. The second-order valence-corrected chi connectivity index (χ2v) is 15.7. The molecule has 0 saturated carbocycles. The fourth-order valence-corrected chi connectivity index (χ4v) is 7.73. The monoisotopic (exact) mass is 287 g/mol. The molecule has 0 amide bonds. The number of hydrogen-bond acceptors (Lipinski definition) is 1. The fourth-order valence-electron chi connectivity index (χ4n) is 1.58. The first-order chi connectivity index (χ1) is 6.11. The molecule has 0 aromatic carbocycles. The Labute approximate surface area is 92.4 Å². The van der Waals surface area contributed by atoms with Crippen LogP contribution < -0.4 is 0 Å². The van der Waals surface area contributed by atoms with Crippen LogP contribution in [0.15, 0.2) is 0 Å². The predicted molar refractivity (Wildman–Crippen MR) is 63.9 cm³/mol. The van der Waals surface area contributed by atoms with E-state index in [1.165, 1.54) is 13.0 Å². The van der Waals surface area contributed by atoms with E-state index in [0.717, 1.165) is 6.04 Å². The van der Waals surface area contributed by atoms with E-state index >= 15 is 0 Å². The van der Waals surface area contributed by atoms with Gasteiger partial charge in [0.1, 0.15) is 0 Å². The quantitative estimate of drug-likeness (QED) is 0.694. The molecule has 13 heavy (non-hydrogen) atoms. The van der Waals surface area contributed by atoms with Crippen molar-refractivity contribution < 1.29 is 0 Å². The number of rotatable bonds is 7. The topological polar surface area (TPSA) is 3.24 Å². The Bertz CT molecular complexity index is 109. The normalized spacial score (nSPS) is 11.3. The second-order valence-electron chi connectivity index (χ2n) is 4.40. The van der Waals surface area contributed by atoms with Gasteiger partial charge in [-0.05, 0) is 0 Å². The zero-order chi connectivity index (χ0) is 10.3. The Balaban J connectivity index is 3.43. The summed E-state index contributed by atoms with van der Waals surface area (Å²) >= 11 is -0.958. The van der Waals surface area contributed by atoms with Crippen molar-refractivity contribution in [2.45, 2.75) is 52.7 Å². The fraction of sp³-hybridized carbons (Fsp3) is 1.00. The van der Waals surface area contributed by atoms with E-state index in [1.54, 1.807) is 12.5 Å². The van der Waals surface area contributed by atoms with Gasteiger partial charge >= 0.3 is 92.6 Å². The van der Waals surface area contributed by atoms with Gasteiger partial charge in [-0.15, -0.1) is 0 Å². The maximum atomic E-state index is 2.47. The molecule has 0 bridgehead atoms. The van der Waals surface area contributed by atoms with Crippen molar-refractivity contribution in [1.82, 2.24) is 4.90 Å². The van der Waals surface area contributed by atoms with Crippen molar-refractivity contribution in [2.75, 3.05) is 13.6 Å². The van der Waals surface area contributed by atoms with Crippen molar-refractivity contribution in [3.63, 3.8) is 0 Å². The maximum absolute atomic E-state index is 2.47. The van der Waals surface area contributed by atoms with Crippen molar-refractivity contribution >= 4 is 21.4 Å². The molecule has 0 N–H and O–H groups in total. The molecule has 1 nitrogen and oxygen atoms in total. The average molecular weight is 287 g/mol. The molecule has 78 valence electrons. The molecule has 0 radical (unpaired) electrons. The van der Waals surface area contributed by atoms with Gasteiger partial charge in [0, 0.05) is 0 Å². The molecule has 0 fully saturated rings. The summed E-state index contributed by atoms with van der Waals surface area (Å²) in [6.07, 6.45) is 1.46. The number of nitrogens with zero attached hydrogens (tertiary/aromatic N) is 1. The van der Waals surface area contributed by atoms with Gasteiger partial charge in [-0.1, -0.05) is 0 Å². The summed E-state index contributed by atoms with van der Waals surface area (Å²) in [4.78, 5) is 2.47. The SMILES string of the molecule is C[CH2][In]([CH2]C)[CH2]CCN(C)C(C)C. The molecule has 0 rings (SSSR count). The summed E-state index contributed by atoms with van der Waals surface area (Å²) in [7, 11) is 2.24. The Morgan fingerprint density at radius 1 is 1.15 bits per heavy atom. The van der Waals surface area contributed by atoms with E-state index < -0.39 is 21.4 Å². The Hall–Kier alpha value is 0.830. The van der Waals surface area contributed by atoms with Crippen LogP contribution in [0.25, 0.3) is 0 Å². The van der Waals surface area contributed by atoms with Gasteiger partial charge in [0.05, 0.1) is 0 Å². The molecule has 0 aromatic heterocycles. The molecule has 0 aliphatic heterocycles. The van der Waals surface area contributed by atoms with Crippen LogP contribution in [0.5, 0.6) is 0 Å². The molecule has 0 aliphatic carbocycles. The van der Waals surface area contributed by atoms with E-state index in [-0.39, 0.29) is 0 Å². The van der Waals surface area contributed by atoms with Crippen molar-refractivity contribution in [1.29, 1.82) is 0 Å². The standard InChI is InChI=1S/C7H16N.2C2H5.In/c1-5-6-8(4)7(2)3;2*1-2;/h7H,1,5-6H2,2-4H3;2*1H2,2H3;. The summed E-state index contributed by atoms with van der Waals surface area (Å²) in [5.41, 5.74) is 0. The van der Waals surface area contributed by atoms with Gasteiger partial charge in [0.2, 0.25) is 0 Å². The van der Waals surface area contributed by atoms with Crippen LogP contribution >= 0.6 is 0 Å². The van der Waals surface area contributed by atoms with E-state index in [4.69, 9.17) is 0 Å². The van der Waals surface area contributed by atoms with Crippen LogP contribution in [0.3, 0.4) is 0 Å². The summed E-state index contributed by atoms with van der Waals surface area (Å²) < 4.78 is 4.74. The van der Waals surface area contributed by atoms with Crippen LogP contribution in [0.4, 0.5) is 0 Å². The van der Waals surface area contributed by atoms with Crippen molar-refractivity contribution in [3.05, 3.63) is 0 Å². The summed E-state index contributed by atoms with van der Waals surface area (Å²) in [5.74, 6) is 0. The molecule has 0 saturated heterocycles. The molecule has 2 heteroatoms. The summed E-state index contributed by atoms with van der Waals surface area (Å²) in [5, 5.41) is 0. The molecule has 0 spiro atoms. The van der Waals surface area contributed by atoms with Gasteiger partial charge in [-0.25, -0.2) is 0 Å². The minimum absolute atomic E-state index is 0.719. The zero-order valence-corrected chi connectivity index (χ0v) is 13.4. The molecular formula is C11H26InN. The van der Waals surface area contributed by atoms with E-state index in [0.29, 0.717) is 0 Å². The van der Waals surface area contributed by atoms with Crippen LogP contribution in [0.1, 0.15) is 34.1 Å². The molecule has 0 aromatic rings. The van der Waals surface area contributed by atoms with Crippen LogP contribution in [-0.4, -0.2) is 46.0 Å². The Morgan fingerprint density at radius 2 is 1.69 bits per heavy atom. The Morgan fingerprint density at radius 3 is 2.08 bits per heavy atom. The molecule has 0 atom stereocenters. The predicted octanol–water partition coefficient (Wildman–Crippen LogP) is 3.25. The van der Waals surface area contributed by atoms with Gasteiger partial charge in [0.25, 0.3) is 0 Å². The van der Waals surface area contributed by atoms with Crippen LogP contribution in [-0.2, 0) is 0 Å². The zero-order valence-electron chi connectivity index (χ0n) is 10.1. The van der Waals surface area contributed by atoms with Gasteiger partial charge in [0.15, 0.2) is 0 Å². The molecule has 0 heterocycles. The van der Waals surface area contributed by atoms with E-state index in [2.05, 4.69) is 39.6 Å². The molecule has 0 aliphatic rings. The first kappa shape index (κ1) is 13.8. The third-order valence-corrected chi connectivity index (χ3v) is 13.2. The van der Waals surface area contributed by atoms with Gasteiger partial charge in [-0.3, -0.25) is 0 Å². The molecule has 0 unspecified atom stereocenters. The van der Waals surface area contributed by atoms with E-state index in [1.807, 2.05) is 0 Å². The van der Waals surface area contributed by atoms with Crippen LogP contribution in [0.2, 0.25) is 12.5 Å². The van der Waals surface area contributed by atoms with Gasteiger partial charge < -0.3 is 0 Å². The van der Waals surface area contributed by atoms with Crippen molar-refractivity contribution in [3.8, 4) is 0 Å².